The van der Waals surface area contributed by atoms with Gasteiger partial charge in [0.2, 0.25) is 0 Å². The number of rotatable bonds is 25. The SMILES string of the molecule is CC(C)CCCCCOC(=O)CCCCCCCCCCCC(C)C(=O)OCCCCCC(C)C. The zero-order chi connectivity index (χ0) is 26.2. The van der Waals surface area contributed by atoms with E-state index in [0.717, 1.165) is 63.2 Å². The minimum atomic E-state index is -0.0198. The summed E-state index contributed by atoms with van der Waals surface area (Å²) < 4.78 is 10.8. The van der Waals surface area contributed by atoms with Crippen molar-refractivity contribution in [2.24, 2.45) is 17.8 Å². The van der Waals surface area contributed by atoms with Gasteiger partial charge in [-0.1, -0.05) is 125 Å². The Morgan fingerprint density at radius 2 is 0.886 bits per heavy atom. The number of hydrogen-bond donors (Lipinski definition) is 0. The van der Waals surface area contributed by atoms with E-state index in [0.29, 0.717) is 19.6 Å². The van der Waals surface area contributed by atoms with E-state index >= 15 is 0 Å². The molecule has 0 saturated carbocycles. The minimum Gasteiger partial charge on any atom is -0.466 e. The predicted octanol–water partition coefficient (Wildman–Crippen LogP) is 9.43. The summed E-state index contributed by atoms with van der Waals surface area (Å²) in [6.07, 6.45) is 21.5. The third kappa shape index (κ3) is 25.8. The van der Waals surface area contributed by atoms with Crippen molar-refractivity contribution in [2.45, 2.75) is 157 Å². The largest absolute Gasteiger partial charge is 0.466 e. The molecule has 0 bridgehead atoms. The number of ether oxygens (including phenoxy) is 2. The molecular formula is C31H60O4. The maximum atomic E-state index is 12.1. The highest BCUT2D eigenvalue weighted by Gasteiger charge is 2.13. The molecule has 1 unspecified atom stereocenters. The summed E-state index contributed by atoms with van der Waals surface area (Å²) in [6.45, 7) is 12.2. The van der Waals surface area contributed by atoms with Crippen LogP contribution < -0.4 is 0 Å². The molecule has 0 aromatic rings. The van der Waals surface area contributed by atoms with E-state index in [-0.39, 0.29) is 17.9 Å². The highest BCUT2D eigenvalue weighted by molar-refractivity contribution is 5.71. The van der Waals surface area contributed by atoms with Crippen LogP contribution in [0.4, 0.5) is 0 Å². The fraction of sp³-hybridized carbons (Fsp3) is 0.935. The number of hydrogen-bond acceptors (Lipinski definition) is 4. The first-order valence-electron chi connectivity index (χ1n) is 15.1. The Morgan fingerprint density at radius 3 is 1.40 bits per heavy atom. The molecule has 0 radical (unpaired) electrons. The van der Waals surface area contributed by atoms with Gasteiger partial charge in [-0.05, 0) is 37.5 Å². The van der Waals surface area contributed by atoms with Gasteiger partial charge in [0.1, 0.15) is 0 Å². The molecule has 4 heteroatoms. The Balaban J connectivity index is 3.36. The fourth-order valence-corrected chi connectivity index (χ4v) is 4.31. The second kappa shape index (κ2) is 24.6. The Morgan fingerprint density at radius 1 is 0.486 bits per heavy atom. The number of esters is 2. The van der Waals surface area contributed by atoms with Crippen LogP contribution in [0.2, 0.25) is 0 Å². The normalized spacial score (nSPS) is 12.3. The summed E-state index contributed by atoms with van der Waals surface area (Å²) >= 11 is 0. The lowest BCUT2D eigenvalue weighted by atomic mass is 10.0. The zero-order valence-corrected chi connectivity index (χ0v) is 24.2. The predicted molar refractivity (Wildman–Crippen MR) is 148 cm³/mol. The van der Waals surface area contributed by atoms with Gasteiger partial charge in [-0.3, -0.25) is 9.59 Å². The molecule has 0 aliphatic carbocycles. The van der Waals surface area contributed by atoms with E-state index in [9.17, 15) is 9.59 Å². The highest BCUT2D eigenvalue weighted by atomic mass is 16.5. The molecule has 1 atom stereocenters. The Bertz CT molecular complexity index is 486. The van der Waals surface area contributed by atoms with E-state index in [2.05, 4.69) is 27.7 Å². The summed E-state index contributed by atoms with van der Waals surface area (Å²) in [5, 5.41) is 0. The first kappa shape index (κ1) is 33.9. The van der Waals surface area contributed by atoms with Gasteiger partial charge in [0.25, 0.3) is 0 Å². The van der Waals surface area contributed by atoms with Gasteiger partial charge < -0.3 is 9.47 Å². The van der Waals surface area contributed by atoms with Gasteiger partial charge in [0.05, 0.1) is 19.1 Å². The van der Waals surface area contributed by atoms with Crippen molar-refractivity contribution in [3.63, 3.8) is 0 Å². The van der Waals surface area contributed by atoms with E-state index in [1.54, 1.807) is 0 Å². The molecule has 0 rings (SSSR count). The van der Waals surface area contributed by atoms with Crippen LogP contribution in [0.5, 0.6) is 0 Å². The van der Waals surface area contributed by atoms with E-state index < -0.39 is 0 Å². The van der Waals surface area contributed by atoms with Crippen LogP contribution in [0.3, 0.4) is 0 Å². The van der Waals surface area contributed by atoms with Crippen molar-refractivity contribution in [1.82, 2.24) is 0 Å². The highest BCUT2D eigenvalue weighted by Crippen LogP contribution is 2.16. The molecule has 35 heavy (non-hydrogen) atoms. The van der Waals surface area contributed by atoms with Crippen molar-refractivity contribution in [3.8, 4) is 0 Å². The van der Waals surface area contributed by atoms with Gasteiger partial charge in [-0.25, -0.2) is 0 Å². The topological polar surface area (TPSA) is 52.6 Å². The molecule has 4 nitrogen and oxygen atoms in total. The Labute approximate surface area is 218 Å². The molecule has 0 amide bonds. The monoisotopic (exact) mass is 496 g/mol. The van der Waals surface area contributed by atoms with Gasteiger partial charge in [-0.2, -0.15) is 0 Å². The van der Waals surface area contributed by atoms with Crippen LogP contribution in [0.25, 0.3) is 0 Å². The first-order valence-corrected chi connectivity index (χ1v) is 15.1. The molecule has 0 spiro atoms. The molecule has 0 saturated heterocycles. The second-order valence-corrected chi connectivity index (χ2v) is 11.5. The number of unbranched alkanes of at least 4 members (excludes halogenated alkanes) is 12. The summed E-state index contributed by atoms with van der Waals surface area (Å²) in [7, 11) is 0. The van der Waals surface area contributed by atoms with Crippen LogP contribution in [-0.4, -0.2) is 25.2 Å². The van der Waals surface area contributed by atoms with Gasteiger partial charge >= 0.3 is 11.9 Å². The third-order valence-electron chi connectivity index (χ3n) is 6.78. The quantitative estimate of drug-likeness (QED) is 0.0932. The molecule has 0 fully saturated rings. The first-order chi connectivity index (χ1) is 16.8. The number of carbonyl (C=O) groups excluding carboxylic acids is 2. The molecular weight excluding hydrogens is 436 g/mol. The molecule has 208 valence electrons. The summed E-state index contributed by atoms with van der Waals surface area (Å²) in [5.74, 6) is 1.52. The molecule has 0 aromatic carbocycles. The fourth-order valence-electron chi connectivity index (χ4n) is 4.31. The van der Waals surface area contributed by atoms with Crippen LogP contribution >= 0.6 is 0 Å². The molecule has 0 aliphatic rings. The smallest absolute Gasteiger partial charge is 0.308 e. The molecule has 0 aromatic heterocycles. The van der Waals surface area contributed by atoms with Crippen LogP contribution in [-0.2, 0) is 19.1 Å². The lowest BCUT2D eigenvalue weighted by molar-refractivity contribution is -0.148. The average molecular weight is 497 g/mol. The summed E-state index contributed by atoms with van der Waals surface area (Å²) in [6, 6.07) is 0. The van der Waals surface area contributed by atoms with Gasteiger partial charge in [-0.15, -0.1) is 0 Å². The summed E-state index contributed by atoms with van der Waals surface area (Å²) in [4.78, 5) is 23.8. The Kier molecular flexibility index (Phi) is 23.9. The lowest BCUT2D eigenvalue weighted by Crippen LogP contribution is -2.15. The van der Waals surface area contributed by atoms with Crippen LogP contribution in [0, 0.1) is 17.8 Å². The standard InChI is InChI=1S/C31H60O4/c1-27(2)21-15-13-19-25-34-30(32)24-18-12-10-8-6-7-9-11-17-23-29(5)31(33)35-26-20-14-16-22-28(3)4/h27-29H,6-26H2,1-5H3. The van der Waals surface area contributed by atoms with Crippen molar-refractivity contribution in [2.75, 3.05) is 13.2 Å². The maximum absolute atomic E-state index is 12.1. The van der Waals surface area contributed by atoms with E-state index in [1.807, 2.05) is 6.92 Å². The van der Waals surface area contributed by atoms with Crippen LogP contribution in [0.15, 0.2) is 0 Å². The van der Waals surface area contributed by atoms with Crippen LogP contribution in [0.1, 0.15) is 157 Å². The van der Waals surface area contributed by atoms with Crippen molar-refractivity contribution in [1.29, 1.82) is 0 Å². The zero-order valence-electron chi connectivity index (χ0n) is 24.2. The van der Waals surface area contributed by atoms with Crippen molar-refractivity contribution in [3.05, 3.63) is 0 Å². The maximum Gasteiger partial charge on any atom is 0.308 e. The lowest BCUT2D eigenvalue weighted by Gasteiger charge is -2.11. The number of carbonyl (C=O) groups is 2. The van der Waals surface area contributed by atoms with E-state index in [4.69, 9.17) is 9.47 Å². The van der Waals surface area contributed by atoms with E-state index in [1.165, 1.54) is 64.2 Å². The average Bonchev–Trinajstić information content (AvgIpc) is 2.81. The second-order valence-electron chi connectivity index (χ2n) is 11.5. The molecule has 0 N–H and O–H groups in total. The van der Waals surface area contributed by atoms with Gasteiger partial charge in [0.15, 0.2) is 0 Å². The summed E-state index contributed by atoms with van der Waals surface area (Å²) in [5.41, 5.74) is 0. The molecule has 0 aliphatic heterocycles. The Hall–Kier alpha value is -1.06. The van der Waals surface area contributed by atoms with Crippen molar-refractivity contribution >= 4 is 11.9 Å². The minimum absolute atomic E-state index is 0.0145. The van der Waals surface area contributed by atoms with Crippen molar-refractivity contribution < 1.29 is 19.1 Å². The van der Waals surface area contributed by atoms with Gasteiger partial charge in [0, 0.05) is 6.42 Å². The third-order valence-corrected chi connectivity index (χ3v) is 6.78. The molecule has 0 heterocycles.